The Kier molecular flexibility index (Phi) is 6.09. The number of alkyl halides is 3. The number of methoxy groups -OCH3 is 1. The van der Waals surface area contributed by atoms with E-state index in [2.05, 4.69) is 5.32 Å². The molecule has 2 amide bonds. The van der Waals surface area contributed by atoms with Crippen LogP contribution >= 0.6 is 11.3 Å². The van der Waals surface area contributed by atoms with Gasteiger partial charge in [0.05, 0.1) is 18.5 Å². The summed E-state index contributed by atoms with van der Waals surface area (Å²) in [6, 6.07) is -2.55. The van der Waals surface area contributed by atoms with E-state index in [-0.39, 0.29) is 34.0 Å². The van der Waals surface area contributed by atoms with Gasteiger partial charge in [0.1, 0.15) is 26.6 Å². The van der Waals surface area contributed by atoms with Crippen LogP contribution in [0.15, 0.2) is 9.59 Å². The van der Waals surface area contributed by atoms with Gasteiger partial charge in [-0.25, -0.2) is 14.2 Å². The summed E-state index contributed by atoms with van der Waals surface area (Å²) < 4.78 is 46.8. The summed E-state index contributed by atoms with van der Waals surface area (Å²) in [5.74, 6) is 0. The van der Waals surface area contributed by atoms with Crippen molar-refractivity contribution < 1.29 is 22.7 Å². The number of aromatic nitrogens is 2. The normalized spacial score (nSPS) is 16.2. The number of hydrogen-bond acceptors (Lipinski definition) is 5. The molecule has 31 heavy (non-hydrogen) atoms. The minimum Gasteiger partial charge on any atom is -0.383 e. The molecule has 1 aliphatic rings. The molecule has 8 nitrogen and oxygen atoms in total. The maximum Gasteiger partial charge on any atom is 0.409 e. The number of amides is 2. The lowest BCUT2D eigenvalue weighted by molar-refractivity contribution is -0.164. The van der Waals surface area contributed by atoms with Crippen molar-refractivity contribution in [2.45, 2.75) is 37.9 Å². The highest BCUT2D eigenvalue weighted by Crippen LogP contribution is 2.37. The number of hydrogen-bond donors (Lipinski definition) is 1. The minimum absolute atomic E-state index is 0.0132. The lowest BCUT2D eigenvalue weighted by Crippen LogP contribution is -2.49. The van der Waals surface area contributed by atoms with Crippen LogP contribution in [0.5, 0.6) is 0 Å². The van der Waals surface area contributed by atoms with Gasteiger partial charge in [0.2, 0.25) is 0 Å². The summed E-state index contributed by atoms with van der Waals surface area (Å²) in [7, 11) is 5.03. The first kappa shape index (κ1) is 23.5. The zero-order chi connectivity index (χ0) is 23.3. The third-order valence-corrected chi connectivity index (χ3v) is 7.34. The molecular formula is C17H23B2F3N4O4S. The highest BCUT2D eigenvalue weighted by Gasteiger charge is 2.42. The second-order valence-electron chi connectivity index (χ2n) is 8.00. The fourth-order valence-corrected chi connectivity index (χ4v) is 5.37. The molecule has 1 aliphatic heterocycles. The topological polar surface area (TPSA) is 85.6 Å². The molecule has 0 aromatic carbocycles. The molecule has 1 saturated heterocycles. The Hall–Kier alpha value is -2.21. The molecule has 0 radical (unpaired) electrons. The molecule has 3 rings (SSSR count). The lowest BCUT2D eigenvalue weighted by atomic mass is 9.59. The average Bonchev–Trinajstić information content (AvgIpc) is 3.25. The lowest BCUT2D eigenvalue weighted by Gasteiger charge is -2.35. The second kappa shape index (κ2) is 8.05. The third kappa shape index (κ3) is 3.79. The van der Waals surface area contributed by atoms with Gasteiger partial charge in [0, 0.05) is 30.4 Å². The molecule has 0 aliphatic carbocycles. The van der Waals surface area contributed by atoms with Crippen LogP contribution in [-0.2, 0) is 16.6 Å². The first-order chi connectivity index (χ1) is 14.3. The van der Waals surface area contributed by atoms with Crippen molar-refractivity contribution in [3.63, 3.8) is 0 Å². The van der Waals surface area contributed by atoms with Crippen LogP contribution in [0.1, 0.15) is 23.4 Å². The Bertz CT molecular complexity index is 1140. The first-order valence-electron chi connectivity index (χ1n) is 9.74. The van der Waals surface area contributed by atoms with Crippen LogP contribution in [0.25, 0.3) is 10.2 Å². The average molecular weight is 458 g/mol. The zero-order valence-corrected chi connectivity index (χ0v) is 18.7. The van der Waals surface area contributed by atoms with Crippen molar-refractivity contribution in [1.29, 1.82) is 0 Å². The SMILES string of the molecule is BC(B)(c1sc2c(c1C)c(=O)n([C@@H](C)C(F)(F)F)c(=O)n2CCOC)N1CCNC1=O. The van der Waals surface area contributed by atoms with Crippen LogP contribution in [0.4, 0.5) is 18.0 Å². The summed E-state index contributed by atoms with van der Waals surface area (Å²) >= 11 is 1.14. The number of nitrogens with one attached hydrogen (secondary N) is 1. The molecule has 0 saturated carbocycles. The van der Waals surface area contributed by atoms with E-state index in [0.717, 1.165) is 22.8 Å². The van der Waals surface area contributed by atoms with Crippen LogP contribution in [0.2, 0.25) is 0 Å². The molecule has 0 unspecified atom stereocenters. The van der Waals surface area contributed by atoms with Gasteiger partial charge in [-0.1, -0.05) is 0 Å². The Balaban J connectivity index is 2.35. The van der Waals surface area contributed by atoms with E-state index in [9.17, 15) is 27.6 Å². The molecule has 2 aromatic heterocycles. The number of thiophene rings is 1. The van der Waals surface area contributed by atoms with Gasteiger partial charge in [0.25, 0.3) is 5.56 Å². The van der Waals surface area contributed by atoms with Crippen molar-refractivity contribution in [3.8, 4) is 0 Å². The molecule has 0 spiro atoms. The van der Waals surface area contributed by atoms with E-state index >= 15 is 0 Å². The molecule has 0 bridgehead atoms. The van der Waals surface area contributed by atoms with Crippen LogP contribution in [0.3, 0.4) is 0 Å². The summed E-state index contributed by atoms with van der Waals surface area (Å²) in [5, 5.41) is 1.95. The van der Waals surface area contributed by atoms with E-state index in [1.807, 2.05) is 15.7 Å². The predicted molar refractivity (Wildman–Crippen MR) is 117 cm³/mol. The fraction of sp³-hybridized carbons (Fsp3) is 0.588. The maximum absolute atomic E-state index is 13.4. The first-order valence-corrected chi connectivity index (χ1v) is 10.6. The highest BCUT2D eigenvalue weighted by molar-refractivity contribution is 7.19. The van der Waals surface area contributed by atoms with E-state index < -0.39 is 28.8 Å². The number of aryl methyl sites for hydroxylation is 1. The molecule has 2 aromatic rings. The molecule has 168 valence electrons. The standard InChI is InChI=1S/C17H23B2F3N4O4S/c1-8-10-12(27)26(9(2)17(20,21)22)15(29)24(6-7-30-3)13(10)31-11(8)16(18,19)25-5-4-23-14(25)28/h9H,4-7,18-19H2,1-3H3,(H,23,28)/t9-/m0/s1. The van der Waals surface area contributed by atoms with Crippen molar-refractivity contribution in [3.05, 3.63) is 31.3 Å². The summed E-state index contributed by atoms with van der Waals surface area (Å²) in [4.78, 5) is 40.9. The van der Waals surface area contributed by atoms with E-state index in [1.54, 1.807) is 11.8 Å². The number of urea groups is 1. The minimum atomic E-state index is -4.77. The number of carbonyl (C=O) groups is 1. The van der Waals surface area contributed by atoms with Crippen LogP contribution in [0, 0.1) is 6.92 Å². The van der Waals surface area contributed by atoms with Crippen molar-refractivity contribution >= 4 is 43.3 Å². The van der Waals surface area contributed by atoms with Crippen molar-refractivity contribution in [2.75, 3.05) is 26.8 Å². The third-order valence-electron chi connectivity index (χ3n) is 5.71. The number of carbonyl (C=O) groups excluding carboxylic acids is 1. The molecular weight excluding hydrogens is 435 g/mol. The number of nitrogens with zero attached hydrogens (tertiary/aromatic N) is 3. The van der Waals surface area contributed by atoms with Gasteiger partial charge in [-0.3, -0.25) is 9.36 Å². The number of ether oxygens (including phenoxy) is 1. The zero-order valence-electron chi connectivity index (χ0n) is 17.9. The second-order valence-corrected chi connectivity index (χ2v) is 9.00. The monoisotopic (exact) mass is 458 g/mol. The van der Waals surface area contributed by atoms with E-state index in [0.29, 0.717) is 23.5 Å². The van der Waals surface area contributed by atoms with Gasteiger partial charge in [-0.05, 0) is 19.4 Å². The predicted octanol–water partition coefficient (Wildman–Crippen LogP) is -0.295. The fourth-order valence-electron chi connectivity index (χ4n) is 3.94. The Morgan fingerprint density at radius 2 is 1.90 bits per heavy atom. The molecule has 14 heteroatoms. The molecule has 1 N–H and O–H groups in total. The van der Waals surface area contributed by atoms with Gasteiger partial charge in [-0.15, -0.1) is 11.3 Å². The van der Waals surface area contributed by atoms with Crippen LogP contribution in [-0.4, -0.2) is 68.7 Å². The van der Waals surface area contributed by atoms with Gasteiger partial charge in [-0.2, -0.15) is 13.2 Å². The quantitative estimate of drug-likeness (QED) is 0.604. The Morgan fingerprint density at radius 1 is 1.26 bits per heavy atom. The molecule has 1 fully saturated rings. The molecule has 1 atom stereocenters. The summed E-state index contributed by atoms with van der Waals surface area (Å²) in [6.45, 7) is 3.42. The van der Waals surface area contributed by atoms with Gasteiger partial charge < -0.3 is 15.0 Å². The van der Waals surface area contributed by atoms with E-state index in [4.69, 9.17) is 4.74 Å². The number of fused-ring (bicyclic) bond motifs is 1. The van der Waals surface area contributed by atoms with Gasteiger partial charge >= 0.3 is 17.9 Å². The highest BCUT2D eigenvalue weighted by atomic mass is 32.1. The smallest absolute Gasteiger partial charge is 0.383 e. The molecule has 3 heterocycles. The van der Waals surface area contributed by atoms with Crippen molar-refractivity contribution in [2.24, 2.45) is 0 Å². The summed E-state index contributed by atoms with van der Waals surface area (Å²) in [6.07, 6.45) is -4.77. The number of halogens is 3. The van der Waals surface area contributed by atoms with Crippen molar-refractivity contribution in [1.82, 2.24) is 19.4 Å². The Labute approximate surface area is 181 Å². The van der Waals surface area contributed by atoms with Gasteiger partial charge in [0.15, 0.2) is 0 Å². The largest absolute Gasteiger partial charge is 0.409 e. The summed E-state index contributed by atoms with van der Waals surface area (Å²) in [5.41, 5.74) is -1.56. The van der Waals surface area contributed by atoms with E-state index in [1.165, 1.54) is 7.11 Å². The Morgan fingerprint density at radius 3 is 2.42 bits per heavy atom. The van der Waals surface area contributed by atoms with Crippen LogP contribution < -0.4 is 16.6 Å². The maximum atomic E-state index is 13.4. The number of rotatable bonds is 6.